The number of rotatable bonds is 5. The zero-order chi connectivity index (χ0) is 31.6. The van der Waals surface area contributed by atoms with E-state index in [0.29, 0.717) is 39.2 Å². The van der Waals surface area contributed by atoms with Gasteiger partial charge < -0.3 is 19.0 Å². The Morgan fingerprint density at radius 2 is 1.87 bits per heavy atom. The number of fused-ring (bicyclic) bond motifs is 6. The van der Waals surface area contributed by atoms with Crippen molar-refractivity contribution in [2.75, 3.05) is 24.7 Å². The number of aromatic nitrogens is 2. The molecular formula is C33H24FN5O5S. The normalized spacial score (nSPS) is 12.3. The van der Waals surface area contributed by atoms with Crippen molar-refractivity contribution >= 4 is 43.5 Å². The van der Waals surface area contributed by atoms with E-state index < -0.39 is 21.7 Å². The summed E-state index contributed by atoms with van der Waals surface area (Å²) in [6.07, 6.45) is 1.09. The first-order chi connectivity index (χ1) is 21.6. The minimum absolute atomic E-state index is 0.207. The Labute approximate surface area is 256 Å². The SMILES string of the molecule is CNC(=O)c1c(-c2ccc(F)cc2)oc2cc(N(C)S(C)(=O)=O)c(-c3ccc4c(n3)-c3cc5c(C#N)cccc5n3CO4)cc12. The lowest BCUT2D eigenvalue weighted by Gasteiger charge is -2.23. The van der Waals surface area contributed by atoms with Crippen molar-refractivity contribution in [2.45, 2.75) is 6.73 Å². The summed E-state index contributed by atoms with van der Waals surface area (Å²) in [5, 5.41) is 13.5. The van der Waals surface area contributed by atoms with E-state index in [1.54, 1.807) is 30.3 Å². The van der Waals surface area contributed by atoms with E-state index >= 15 is 0 Å². The standard InChI is InChI=1S/C33H24FN5O5S/c1-36-33(40)30-23-13-22(26(38(2)45(3,41)42)15-29(23)44-32(30)18-7-9-20(34)10-8-18)24-11-12-28-31(37-24)27-14-21-19(16-35)5-4-6-25(21)39(27)17-43-28/h4-15H,17H2,1-3H3,(H,36,40). The molecule has 1 N–H and O–H groups in total. The van der Waals surface area contributed by atoms with Gasteiger partial charge in [0.1, 0.15) is 28.6 Å². The highest BCUT2D eigenvalue weighted by Gasteiger charge is 2.28. The van der Waals surface area contributed by atoms with Crippen LogP contribution in [-0.2, 0) is 16.8 Å². The lowest BCUT2D eigenvalue weighted by Crippen LogP contribution is -2.25. The van der Waals surface area contributed by atoms with Gasteiger partial charge in [-0.1, -0.05) is 6.07 Å². The van der Waals surface area contributed by atoms with Crippen LogP contribution in [0.3, 0.4) is 0 Å². The van der Waals surface area contributed by atoms with Crippen LogP contribution in [0.1, 0.15) is 15.9 Å². The number of carbonyl (C=O) groups is 1. The van der Waals surface area contributed by atoms with Gasteiger partial charge in [0.15, 0.2) is 6.73 Å². The van der Waals surface area contributed by atoms with Gasteiger partial charge in [0.25, 0.3) is 5.91 Å². The van der Waals surface area contributed by atoms with Crippen molar-refractivity contribution in [3.63, 3.8) is 0 Å². The van der Waals surface area contributed by atoms with Crippen LogP contribution in [0.4, 0.5) is 10.1 Å². The summed E-state index contributed by atoms with van der Waals surface area (Å²) in [6.45, 7) is 0.229. The maximum absolute atomic E-state index is 13.7. The van der Waals surface area contributed by atoms with Crippen molar-refractivity contribution in [1.29, 1.82) is 5.26 Å². The Kier molecular flexibility index (Phi) is 6.38. The number of nitriles is 1. The Balaban J connectivity index is 1.49. The number of sulfonamides is 1. The largest absolute Gasteiger partial charge is 0.470 e. The number of halogens is 1. The van der Waals surface area contributed by atoms with Crippen molar-refractivity contribution in [3.8, 4) is 45.8 Å². The fraction of sp³-hybridized carbons (Fsp3) is 0.121. The van der Waals surface area contributed by atoms with E-state index in [1.807, 2.05) is 22.8 Å². The first-order valence-electron chi connectivity index (χ1n) is 13.8. The number of anilines is 1. The highest BCUT2D eigenvalue weighted by atomic mass is 32.2. The topological polar surface area (TPSA) is 130 Å². The van der Waals surface area contributed by atoms with E-state index in [2.05, 4.69) is 11.4 Å². The molecule has 1 aliphatic rings. The van der Waals surface area contributed by atoms with Gasteiger partial charge in [-0.2, -0.15) is 5.26 Å². The molecule has 0 atom stereocenters. The first kappa shape index (κ1) is 28.1. The second-order valence-electron chi connectivity index (χ2n) is 10.6. The Bertz CT molecular complexity index is 2350. The average molecular weight is 622 g/mol. The molecule has 4 heterocycles. The second kappa shape index (κ2) is 10.2. The summed E-state index contributed by atoms with van der Waals surface area (Å²) in [4.78, 5) is 18.2. The third-order valence-corrected chi connectivity index (χ3v) is 9.19. The highest BCUT2D eigenvalue weighted by molar-refractivity contribution is 7.92. The second-order valence-corrected chi connectivity index (χ2v) is 12.6. The number of amides is 1. The number of hydrogen-bond donors (Lipinski definition) is 1. The van der Waals surface area contributed by atoms with Gasteiger partial charge in [-0.3, -0.25) is 9.10 Å². The zero-order valence-electron chi connectivity index (χ0n) is 24.3. The number of ether oxygens (including phenoxy) is 1. The molecule has 12 heteroatoms. The molecule has 0 fully saturated rings. The number of benzene rings is 3. The molecule has 224 valence electrons. The smallest absolute Gasteiger partial charge is 0.255 e. The number of nitrogens with zero attached hydrogens (tertiary/aromatic N) is 4. The minimum Gasteiger partial charge on any atom is -0.470 e. The predicted molar refractivity (Wildman–Crippen MR) is 168 cm³/mol. The Morgan fingerprint density at radius 3 is 2.58 bits per heavy atom. The van der Waals surface area contributed by atoms with Gasteiger partial charge >= 0.3 is 0 Å². The Morgan fingerprint density at radius 1 is 1.09 bits per heavy atom. The number of hydrogen-bond acceptors (Lipinski definition) is 7. The van der Waals surface area contributed by atoms with Crippen molar-refractivity contribution in [3.05, 3.63) is 89.7 Å². The summed E-state index contributed by atoms with van der Waals surface area (Å²) in [5.41, 5.74) is 4.63. The fourth-order valence-corrected chi connectivity index (χ4v) is 6.19. The fourth-order valence-electron chi connectivity index (χ4n) is 5.68. The molecule has 3 aromatic heterocycles. The van der Waals surface area contributed by atoms with Gasteiger partial charge in [-0.05, 0) is 60.7 Å². The monoisotopic (exact) mass is 621 g/mol. The molecule has 3 aromatic carbocycles. The summed E-state index contributed by atoms with van der Waals surface area (Å²) in [6, 6.07) is 21.8. The molecule has 0 unspecified atom stereocenters. The van der Waals surface area contributed by atoms with Gasteiger partial charge in [0.2, 0.25) is 10.0 Å². The molecular weight excluding hydrogens is 597 g/mol. The number of pyridine rings is 1. The number of nitrogens with one attached hydrogen (secondary N) is 1. The van der Waals surface area contributed by atoms with Crippen LogP contribution in [0.5, 0.6) is 5.75 Å². The van der Waals surface area contributed by atoms with E-state index in [0.717, 1.165) is 27.2 Å². The van der Waals surface area contributed by atoms with Gasteiger partial charge in [0, 0.05) is 42.1 Å². The summed E-state index contributed by atoms with van der Waals surface area (Å²) < 4.78 is 54.6. The average Bonchev–Trinajstić information content (AvgIpc) is 3.61. The van der Waals surface area contributed by atoms with Crippen LogP contribution in [0.2, 0.25) is 0 Å². The third-order valence-electron chi connectivity index (χ3n) is 8.00. The van der Waals surface area contributed by atoms with E-state index in [9.17, 15) is 22.9 Å². The maximum Gasteiger partial charge on any atom is 0.255 e. The molecule has 0 radical (unpaired) electrons. The van der Waals surface area contributed by atoms with Crippen LogP contribution in [0.25, 0.3) is 55.8 Å². The van der Waals surface area contributed by atoms with Gasteiger partial charge in [-0.25, -0.2) is 17.8 Å². The highest BCUT2D eigenvalue weighted by Crippen LogP contribution is 2.43. The van der Waals surface area contributed by atoms with Crippen LogP contribution < -0.4 is 14.4 Å². The minimum atomic E-state index is -3.74. The molecule has 6 aromatic rings. The molecule has 0 saturated carbocycles. The van der Waals surface area contributed by atoms with E-state index in [4.69, 9.17) is 14.1 Å². The lowest BCUT2D eigenvalue weighted by molar-refractivity contribution is 0.0964. The molecule has 0 aliphatic carbocycles. The lowest BCUT2D eigenvalue weighted by atomic mass is 10.0. The summed E-state index contributed by atoms with van der Waals surface area (Å²) >= 11 is 0. The predicted octanol–water partition coefficient (Wildman–Crippen LogP) is 5.90. The van der Waals surface area contributed by atoms with Crippen molar-refractivity contribution < 1.29 is 26.8 Å². The van der Waals surface area contributed by atoms with Crippen LogP contribution in [0, 0.1) is 17.1 Å². The van der Waals surface area contributed by atoms with Crippen LogP contribution >= 0.6 is 0 Å². The zero-order valence-corrected chi connectivity index (χ0v) is 25.1. The summed E-state index contributed by atoms with van der Waals surface area (Å²) in [7, 11) is -0.831. The van der Waals surface area contributed by atoms with Crippen LogP contribution in [-0.4, -0.2) is 44.2 Å². The first-order valence-corrected chi connectivity index (χ1v) is 15.6. The van der Waals surface area contributed by atoms with Gasteiger partial charge in [0.05, 0.1) is 46.0 Å². The number of furan rings is 1. The molecule has 1 aliphatic heterocycles. The molecule has 10 nitrogen and oxygen atoms in total. The molecule has 7 rings (SSSR count). The van der Waals surface area contributed by atoms with Crippen LogP contribution in [0.15, 0.2) is 77.2 Å². The molecule has 0 bridgehead atoms. The summed E-state index contributed by atoms with van der Waals surface area (Å²) in [5.74, 6) is -0.146. The van der Waals surface area contributed by atoms with Crippen molar-refractivity contribution in [1.82, 2.24) is 14.9 Å². The Hall–Kier alpha value is -5.67. The third kappa shape index (κ3) is 4.47. The number of carbonyl (C=O) groups excluding carboxylic acids is 1. The molecule has 45 heavy (non-hydrogen) atoms. The maximum atomic E-state index is 13.7. The molecule has 0 saturated heterocycles. The van der Waals surface area contributed by atoms with Gasteiger partial charge in [-0.15, -0.1) is 0 Å². The van der Waals surface area contributed by atoms with E-state index in [1.165, 1.54) is 38.4 Å². The van der Waals surface area contributed by atoms with Crippen molar-refractivity contribution in [2.24, 2.45) is 0 Å². The molecule has 1 amide bonds. The van der Waals surface area contributed by atoms with E-state index in [-0.39, 0.29) is 29.3 Å². The molecule has 0 spiro atoms. The quantitative estimate of drug-likeness (QED) is 0.254.